The minimum Gasteiger partial charge on any atom is -0.394 e. The Hall–Kier alpha value is -3.71. The van der Waals surface area contributed by atoms with E-state index in [-0.39, 0.29) is 17.2 Å². The summed E-state index contributed by atoms with van der Waals surface area (Å²) in [6, 6.07) is 14.0. The molecule has 3 aromatic rings. The Morgan fingerprint density at radius 2 is 2.00 bits per heavy atom. The number of hydrogen-bond acceptors (Lipinski definition) is 7. The minimum absolute atomic E-state index is 0.132. The Balaban J connectivity index is 1.98. The number of nitriles is 1. The molecule has 0 saturated carbocycles. The Morgan fingerprint density at radius 1 is 1.27 bits per heavy atom. The van der Waals surface area contributed by atoms with Crippen molar-refractivity contribution in [1.82, 2.24) is 9.97 Å². The summed E-state index contributed by atoms with van der Waals surface area (Å²) in [4.78, 5) is 31.2. The highest BCUT2D eigenvalue weighted by atomic mass is 35.5. The maximum Gasteiger partial charge on any atom is 0.270 e. The van der Waals surface area contributed by atoms with Gasteiger partial charge in [0.15, 0.2) is 0 Å². The summed E-state index contributed by atoms with van der Waals surface area (Å²) < 4.78 is 0. The molecule has 10 heteroatoms. The number of carbonyl (C=O) groups excluding carboxylic acids is 1. The zero-order chi connectivity index (χ0) is 21.7. The molecule has 6 N–H and O–H groups in total. The lowest BCUT2D eigenvalue weighted by Gasteiger charge is -2.12. The fraction of sp³-hybridized carbons (Fsp3) is 0.100. The number of rotatable bonds is 6. The Labute approximate surface area is 176 Å². The molecule has 0 aliphatic heterocycles. The van der Waals surface area contributed by atoms with Crippen molar-refractivity contribution in [1.29, 1.82) is 5.26 Å². The van der Waals surface area contributed by atoms with Crippen LogP contribution >= 0.6 is 11.6 Å². The van der Waals surface area contributed by atoms with Crippen LogP contribution in [0.4, 0.5) is 17.3 Å². The minimum atomic E-state index is -1.07. The second-order valence-electron chi connectivity index (χ2n) is 6.24. The number of nitrogens with two attached hydrogens (primary N) is 1. The van der Waals surface area contributed by atoms with Crippen LogP contribution in [-0.4, -0.2) is 33.6 Å². The lowest BCUT2D eigenvalue weighted by Crippen LogP contribution is -2.38. The SMILES string of the molecule is N#Cc1c(-c2cccc(NC(=O)C(N)CO)c2)nc(Nc2ccc(Cl)cc2)[nH]c1=O. The van der Waals surface area contributed by atoms with E-state index in [0.29, 0.717) is 22.0 Å². The van der Waals surface area contributed by atoms with Crippen molar-refractivity contribution >= 4 is 34.8 Å². The number of halogens is 1. The predicted molar refractivity (Wildman–Crippen MR) is 113 cm³/mol. The first-order valence-electron chi connectivity index (χ1n) is 8.76. The van der Waals surface area contributed by atoms with E-state index in [1.165, 1.54) is 0 Å². The molecule has 1 unspecified atom stereocenters. The average Bonchev–Trinajstić information content (AvgIpc) is 2.74. The zero-order valence-electron chi connectivity index (χ0n) is 15.5. The molecule has 0 spiro atoms. The molecule has 0 aliphatic rings. The highest BCUT2D eigenvalue weighted by molar-refractivity contribution is 6.30. The summed E-state index contributed by atoms with van der Waals surface area (Å²) >= 11 is 5.88. The fourth-order valence-electron chi connectivity index (χ4n) is 2.58. The van der Waals surface area contributed by atoms with Crippen LogP contribution in [0.3, 0.4) is 0 Å². The predicted octanol–water partition coefficient (Wildman–Crippen LogP) is 1.96. The maximum atomic E-state index is 12.4. The van der Waals surface area contributed by atoms with Gasteiger partial charge >= 0.3 is 0 Å². The topological polar surface area (TPSA) is 157 Å². The number of amides is 1. The monoisotopic (exact) mass is 424 g/mol. The van der Waals surface area contributed by atoms with Gasteiger partial charge in [0.2, 0.25) is 11.9 Å². The van der Waals surface area contributed by atoms with Gasteiger partial charge in [0.25, 0.3) is 5.56 Å². The first-order valence-corrected chi connectivity index (χ1v) is 9.14. The standard InChI is InChI=1S/C20H17ClN6O3/c21-12-4-6-13(7-5-12)25-20-26-17(15(9-22)18(29)27-20)11-2-1-3-14(8-11)24-19(30)16(23)10-28/h1-8,16,28H,10,23H2,(H,24,30)(H2,25,26,27,29). The molecule has 30 heavy (non-hydrogen) atoms. The van der Waals surface area contributed by atoms with Gasteiger partial charge < -0.3 is 21.5 Å². The summed E-state index contributed by atoms with van der Waals surface area (Å²) in [5.74, 6) is -0.438. The van der Waals surface area contributed by atoms with Gasteiger partial charge in [-0.2, -0.15) is 5.26 Å². The average molecular weight is 425 g/mol. The van der Waals surface area contributed by atoms with Gasteiger partial charge in [-0.15, -0.1) is 0 Å². The summed E-state index contributed by atoms with van der Waals surface area (Å²) in [5.41, 5.74) is 6.30. The zero-order valence-corrected chi connectivity index (χ0v) is 16.3. The van der Waals surface area contributed by atoms with E-state index in [4.69, 9.17) is 22.4 Å². The van der Waals surface area contributed by atoms with Crippen LogP contribution in [0.2, 0.25) is 5.02 Å². The van der Waals surface area contributed by atoms with Gasteiger partial charge in [-0.25, -0.2) is 4.98 Å². The van der Waals surface area contributed by atoms with E-state index in [1.807, 2.05) is 6.07 Å². The number of anilines is 3. The smallest absolute Gasteiger partial charge is 0.270 e. The number of H-pyrrole nitrogens is 1. The van der Waals surface area contributed by atoms with Crippen LogP contribution in [0.15, 0.2) is 53.3 Å². The third-order valence-corrected chi connectivity index (χ3v) is 4.33. The van der Waals surface area contributed by atoms with E-state index >= 15 is 0 Å². The lowest BCUT2D eigenvalue weighted by atomic mass is 10.1. The first kappa shape index (κ1) is 21.0. The van der Waals surface area contributed by atoms with Crippen molar-refractivity contribution in [2.45, 2.75) is 6.04 Å². The molecule has 1 aromatic heterocycles. The van der Waals surface area contributed by atoms with E-state index in [1.54, 1.807) is 48.5 Å². The van der Waals surface area contributed by atoms with E-state index in [2.05, 4.69) is 20.6 Å². The molecule has 0 saturated heterocycles. The molecule has 3 rings (SSSR count). The number of aliphatic hydroxyl groups excluding tert-OH is 1. The quantitative estimate of drug-likeness (QED) is 0.404. The Morgan fingerprint density at radius 3 is 2.67 bits per heavy atom. The van der Waals surface area contributed by atoms with Crippen molar-refractivity contribution in [3.8, 4) is 17.3 Å². The van der Waals surface area contributed by atoms with Gasteiger partial charge in [0.1, 0.15) is 17.7 Å². The van der Waals surface area contributed by atoms with Gasteiger partial charge in [0, 0.05) is 22.0 Å². The summed E-state index contributed by atoms with van der Waals surface area (Å²) in [6.07, 6.45) is 0. The van der Waals surface area contributed by atoms with Crippen molar-refractivity contribution in [2.75, 3.05) is 17.2 Å². The highest BCUT2D eigenvalue weighted by Crippen LogP contribution is 2.24. The number of nitrogens with zero attached hydrogens (tertiary/aromatic N) is 2. The third kappa shape index (κ3) is 4.82. The number of hydrogen-bond donors (Lipinski definition) is 5. The molecule has 2 aromatic carbocycles. The van der Waals surface area contributed by atoms with Crippen LogP contribution in [0.25, 0.3) is 11.3 Å². The summed E-state index contributed by atoms with van der Waals surface area (Å²) in [7, 11) is 0. The Kier molecular flexibility index (Phi) is 6.44. The van der Waals surface area contributed by atoms with Crippen molar-refractivity contribution in [3.63, 3.8) is 0 Å². The van der Waals surface area contributed by atoms with Crippen molar-refractivity contribution in [3.05, 3.63) is 69.5 Å². The highest BCUT2D eigenvalue weighted by Gasteiger charge is 2.16. The summed E-state index contributed by atoms with van der Waals surface area (Å²) in [6.45, 7) is -0.501. The van der Waals surface area contributed by atoms with Gasteiger partial charge in [0.05, 0.1) is 12.3 Å². The molecule has 1 amide bonds. The Bertz CT molecular complexity index is 1170. The largest absolute Gasteiger partial charge is 0.394 e. The number of benzene rings is 2. The molecule has 0 bridgehead atoms. The first-order chi connectivity index (χ1) is 14.4. The molecule has 0 fully saturated rings. The molecule has 9 nitrogen and oxygen atoms in total. The normalized spacial score (nSPS) is 11.4. The van der Waals surface area contributed by atoms with Crippen LogP contribution in [-0.2, 0) is 4.79 Å². The molecular formula is C20H17ClN6O3. The van der Waals surface area contributed by atoms with Gasteiger partial charge in [-0.1, -0.05) is 23.7 Å². The number of nitrogens with one attached hydrogen (secondary N) is 3. The van der Waals surface area contributed by atoms with Gasteiger partial charge in [-0.05, 0) is 36.4 Å². The molecule has 1 atom stereocenters. The van der Waals surface area contributed by atoms with E-state index < -0.39 is 24.1 Å². The second-order valence-corrected chi connectivity index (χ2v) is 6.68. The maximum absolute atomic E-state index is 12.4. The number of aromatic amines is 1. The molecule has 0 aliphatic carbocycles. The third-order valence-electron chi connectivity index (χ3n) is 4.08. The van der Waals surface area contributed by atoms with Crippen molar-refractivity contribution < 1.29 is 9.90 Å². The summed E-state index contributed by atoms with van der Waals surface area (Å²) in [5, 5.41) is 24.5. The molecule has 1 heterocycles. The second kappa shape index (κ2) is 9.19. The lowest BCUT2D eigenvalue weighted by molar-refractivity contribution is -0.118. The molecule has 0 radical (unpaired) electrons. The van der Waals surface area contributed by atoms with Gasteiger partial charge in [-0.3, -0.25) is 14.6 Å². The fourth-order valence-corrected chi connectivity index (χ4v) is 2.70. The number of aliphatic hydroxyl groups is 1. The van der Waals surface area contributed by atoms with Crippen LogP contribution in [0.1, 0.15) is 5.56 Å². The van der Waals surface area contributed by atoms with Crippen LogP contribution in [0.5, 0.6) is 0 Å². The van der Waals surface area contributed by atoms with Crippen LogP contribution < -0.4 is 21.9 Å². The number of aromatic nitrogens is 2. The van der Waals surface area contributed by atoms with Crippen LogP contribution in [0, 0.1) is 11.3 Å². The van der Waals surface area contributed by atoms with E-state index in [0.717, 1.165) is 0 Å². The molecule has 152 valence electrons. The number of carbonyl (C=O) groups is 1. The molecular weight excluding hydrogens is 408 g/mol. The van der Waals surface area contributed by atoms with E-state index in [9.17, 15) is 14.9 Å². The van der Waals surface area contributed by atoms with Crippen molar-refractivity contribution in [2.24, 2.45) is 5.73 Å².